The molecule has 4 amide bonds. The van der Waals surface area contributed by atoms with Gasteiger partial charge in [-0.3, -0.25) is 33.7 Å². The summed E-state index contributed by atoms with van der Waals surface area (Å²) < 4.78 is 46.8. The normalized spacial score (nSPS) is 30.9. The Morgan fingerprint density at radius 3 is 2.36 bits per heavy atom. The van der Waals surface area contributed by atoms with Gasteiger partial charge < -0.3 is 95.5 Å². The number of rotatable bonds is 18. The maximum absolute atomic E-state index is 14.3. The van der Waals surface area contributed by atoms with Crippen LogP contribution in [0.2, 0.25) is 0 Å². The number of carbonyl (C=O) groups is 6. The van der Waals surface area contributed by atoms with Crippen molar-refractivity contribution in [2.24, 2.45) is 11.7 Å². The van der Waals surface area contributed by atoms with E-state index in [0.29, 0.717) is 13.2 Å². The largest absolute Gasteiger partial charge is 0.507 e. The second-order valence-electron chi connectivity index (χ2n) is 19.7. The van der Waals surface area contributed by atoms with E-state index < -0.39 is 169 Å². The molecule has 26 nitrogen and oxygen atoms in total. The van der Waals surface area contributed by atoms with Crippen LogP contribution >= 0.6 is 0 Å². The number of benzene rings is 2. The van der Waals surface area contributed by atoms with Crippen LogP contribution in [0.3, 0.4) is 0 Å². The zero-order valence-corrected chi connectivity index (χ0v) is 42.0. The maximum Gasteiger partial charge on any atom is 0.252 e. The molecule has 2 aliphatic carbocycles. The van der Waals surface area contributed by atoms with Crippen LogP contribution in [0, 0.1) is 5.92 Å². The molecule has 26 heteroatoms. The number of nitrogens with zero attached hydrogens (tertiary/aromatic N) is 1. The van der Waals surface area contributed by atoms with E-state index in [1.165, 1.54) is 32.4 Å². The van der Waals surface area contributed by atoms with Crippen LogP contribution in [-0.4, -0.2) is 210 Å². The number of fused-ring (bicyclic) bond motifs is 6. The second kappa shape index (κ2) is 23.0. The number of ether oxygens (including phenoxy) is 8. The van der Waals surface area contributed by atoms with Crippen molar-refractivity contribution in [1.29, 1.82) is 0 Å². The van der Waals surface area contributed by atoms with Crippen LogP contribution in [-0.2, 0) is 58.8 Å². The maximum atomic E-state index is 14.3. The summed E-state index contributed by atoms with van der Waals surface area (Å²) in [6, 6.07) is 1.36. The zero-order chi connectivity index (χ0) is 54.2. The van der Waals surface area contributed by atoms with Gasteiger partial charge in [-0.05, 0) is 18.9 Å². The Kier molecular flexibility index (Phi) is 17.1. The summed E-state index contributed by atoms with van der Waals surface area (Å²) in [5.74, 6) is -6.78. The Bertz CT molecular complexity index is 2520. The molecule has 4 fully saturated rings. The van der Waals surface area contributed by atoms with Gasteiger partial charge in [0.15, 0.2) is 30.9 Å². The lowest BCUT2D eigenvalue weighted by molar-refractivity contribution is -0.270. The van der Waals surface area contributed by atoms with Crippen molar-refractivity contribution < 1.29 is 97.3 Å². The van der Waals surface area contributed by atoms with Crippen molar-refractivity contribution in [2.45, 2.75) is 132 Å². The van der Waals surface area contributed by atoms with Gasteiger partial charge in [0.2, 0.25) is 23.5 Å². The fourth-order valence-electron chi connectivity index (χ4n) is 10.6. The summed E-state index contributed by atoms with van der Waals surface area (Å²) in [5, 5.41) is 77.4. The highest BCUT2D eigenvalue weighted by Gasteiger charge is 2.55. The average Bonchev–Trinajstić information content (AvgIpc) is 3.77. The molecule has 4 aliphatic heterocycles. The van der Waals surface area contributed by atoms with Gasteiger partial charge in [0, 0.05) is 81.7 Å². The molecule has 0 bridgehead atoms. The topological polar surface area (TPSA) is 375 Å². The van der Waals surface area contributed by atoms with Crippen LogP contribution in [0.5, 0.6) is 17.2 Å². The molecule has 75 heavy (non-hydrogen) atoms. The fourth-order valence-corrected chi connectivity index (χ4v) is 10.6. The van der Waals surface area contributed by atoms with Crippen molar-refractivity contribution in [1.82, 2.24) is 26.2 Å². The lowest BCUT2D eigenvalue weighted by Gasteiger charge is -2.43. The van der Waals surface area contributed by atoms with Crippen molar-refractivity contribution in [3.63, 3.8) is 0 Å². The third kappa shape index (κ3) is 10.9. The highest BCUT2D eigenvalue weighted by Crippen LogP contribution is 2.53. The zero-order valence-electron chi connectivity index (χ0n) is 42.0. The first-order valence-electron chi connectivity index (χ1n) is 24.8. The van der Waals surface area contributed by atoms with Gasteiger partial charge in [-0.2, -0.15) is 0 Å². The first kappa shape index (κ1) is 55.8. The Hall–Kier alpha value is -5.46. The first-order chi connectivity index (χ1) is 35.7. The van der Waals surface area contributed by atoms with Crippen LogP contribution in [0.4, 0.5) is 0 Å². The summed E-state index contributed by atoms with van der Waals surface area (Å²) in [6.07, 6.45) is -12.3. The lowest BCUT2D eigenvalue weighted by atomic mass is 9.72. The molecule has 2 aromatic rings. The van der Waals surface area contributed by atoms with E-state index in [1.54, 1.807) is 20.8 Å². The van der Waals surface area contributed by atoms with E-state index in [1.807, 2.05) is 0 Å². The Morgan fingerprint density at radius 2 is 1.65 bits per heavy atom. The molecule has 14 atom stereocenters. The monoisotopic (exact) mass is 1060 g/mol. The number of phenols is 2. The SMILES string of the molecule is COc1cccc2c1C(=O)c1c(O)c3c(c(O)c1C2=O)C[C@@](O)(C(=O)NCCNC(=O)C(CO[C@@H]1OC[C@@H](O)[C@H](O)[C@H]1O)NC(=O)C(NC(=O)CCN)C(C)C)C[C@@H]3O[C@H]1C[C@H]2[C@H](O[C@@H]3[C@@H](OC)OCCN32)[C@H](C)O1. The van der Waals surface area contributed by atoms with Gasteiger partial charge in [0.05, 0.1) is 55.8 Å². The highest BCUT2D eigenvalue weighted by atomic mass is 16.7. The Morgan fingerprint density at radius 1 is 0.920 bits per heavy atom. The van der Waals surface area contributed by atoms with Crippen LogP contribution in [0.15, 0.2) is 18.2 Å². The number of ketones is 2. The quantitative estimate of drug-likeness (QED) is 0.0442. The number of aromatic hydroxyl groups is 2. The predicted molar refractivity (Wildman–Crippen MR) is 254 cm³/mol. The number of hydrogen-bond donors (Lipinski definition) is 11. The van der Waals surface area contributed by atoms with Crippen molar-refractivity contribution in [2.75, 3.05) is 60.2 Å². The molecule has 0 aromatic heterocycles. The third-order valence-corrected chi connectivity index (χ3v) is 14.5. The van der Waals surface area contributed by atoms with Crippen molar-refractivity contribution in [3.05, 3.63) is 51.6 Å². The highest BCUT2D eigenvalue weighted by molar-refractivity contribution is 6.31. The Balaban J connectivity index is 1.02. The van der Waals surface area contributed by atoms with E-state index in [-0.39, 0.29) is 66.5 Å². The summed E-state index contributed by atoms with van der Waals surface area (Å²) in [7, 11) is 2.81. The number of aliphatic hydroxyl groups is 4. The number of nitrogens with one attached hydrogen (secondary N) is 4. The number of aliphatic hydroxyl groups excluding tert-OH is 3. The van der Waals surface area contributed by atoms with Crippen LogP contribution < -0.4 is 31.7 Å². The molecular weight excluding hydrogens is 993 g/mol. The number of methoxy groups -OCH3 is 2. The standard InChI is InChI=1S/C49H66N6O20/c1-20(2)35(54-29(57)9-10-50)44(65)53-24(18-71-46-41(63)38(60)26(56)19-72-46)43(64)51-11-12-52-48(66)49(67)16-23-32(40(62)34-33(37(23)59)36(58)22-7-6-8-27(68-4)31(22)39(34)61)28(17-49)74-30-15-25-42(21(3)73-30)75-45-47(69-5)70-14-13-55(25)45/h6-8,20-21,24-26,28,30,35,38,41-42,45-47,56,59-60,62-63,67H,9-19,50H2,1-5H3,(H,51,64)(H,52,66)(H,53,65)(H,54,57)/t21-,24?,25-,26+,28-,30-,35?,38-,41+,42+,45+,46+,47-,49-/m0/s1. The van der Waals surface area contributed by atoms with E-state index in [2.05, 4.69) is 26.2 Å². The smallest absolute Gasteiger partial charge is 0.252 e. The molecule has 2 unspecified atom stereocenters. The molecule has 12 N–H and O–H groups in total. The van der Waals surface area contributed by atoms with Crippen LogP contribution in [0.25, 0.3) is 0 Å². The fraction of sp³-hybridized carbons (Fsp3) is 0.633. The molecule has 0 spiro atoms. The molecular formula is C49H66N6O20. The second-order valence-corrected chi connectivity index (χ2v) is 19.7. The minimum absolute atomic E-state index is 0.0117. The van der Waals surface area contributed by atoms with Crippen molar-refractivity contribution >= 4 is 35.2 Å². The van der Waals surface area contributed by atoms with E-state index >= 15 is 0 Å². The van der Waals surface area contributed by atoms with Gasteiger partial charge in [-0.25, -0.2) is 0 Å². The average molecular weight is 1060 g/mol. The molecule has 2 aromatic carbocycles. The number of carbonyl (C=O) groups excluding carboxylic acids is 6. The van der Waals surface area contributed by atoms with Gasteiger partial charge in [-0.15, -0.1) is 0 Å². The summed E-state index contributed by atoms with van der Waals surface area (Å²) in [6.45, 7) is 4.20. The van der Waals surface area contributed by atoms with Gasteiger partial charge in [0.1, 0.15) is 59.3 Å². The molecule has 8 rings (SSSR count). The van der Waals surface area contributed by atoms with E-state index in [4.69, 9.17) is 43.6 Å². The number of hydrogen-bond acceptors (Lipinski definition) is 22. The van der Waals surface area contributed by atoms with E-state index in [9.17, 15) is 59.4 Å². The summed E-state index contributed by atoms with van der Waals surface area (Å²) in [4.78, 5) is 84.6. The van der Waals surface area contributed by atoms with Crippen LogP contribution in [0.1, 0.15) is 89.1 Å². The van der Waals surface area contributed by atoms with Crippen molar-refractivity contribution in [3.8, 4) is 17.2 Å². The molecule has 0 radical (unpaired) electrons. The molecule has 4 heterocycles. The third-order valence-electron chi connectivity index (χ3n) is 14.5. The molecule has 4 saturated heterocycles. The lowest BCUT2D eigenvalue weighted by Crippen LogP contribution is -2.59. The molecule has 0 saturated carbocycles. The predicted octanol–water partition coefficient (Wildman–Crippen LogP) is -3.19. The Labute approximate surface area is 430 Å². The number of morpholine rings is 1. The summed E-state index contributed by atoms with van der Waals surface area (Å²) in [5.41, 5.74) is 1.31. The van der Waals surface area contributed by atoms with Gasteiger partial charge >= 0.3 is 0 Å². The minimum atomic E-state index is -2.45. The molecule has 412 valence electrons. The minimum Gasteiger partial charge on any atom is -0.507 e. The van der Waals surface area contributed by atoms with Gasteiger partial charge in [-0.1, -0.05) is 26.0 Å². The first-order valence-corrected chi connectivity index (χ1v) is 24.8. The molecule has 6 aliphatic rings. The number of amides is 4. The number of nitrogens with two attached hydrogens (primary N) is 1. The van der Waals surface area contributed by atoms with E-state index in [0.717, 1.165) is 0 Å². The van der Waals surface area contributed by atoms with Gasteiger partial charge in [0.25, 0.3) is 5.91 Å². The summed E-state index contributed by atoms with van der Waals surface area (Å²) >= 11 is 0. The number of phenolic OH excluding ortho intramolecular Hbond substituents is 2.